The molecule has 0 saturated carbocycles. The second kappa shape index (κ2) is 7.60. The molecule has 29 heavy (non-hydrogen) atoms. The first kappa shape index (κ1) is 19.4. The molecule has 3 heterocycles. The van der Waals surface area contributed by atoms with Gasteiger partial charge in [-0.05, 0) is 53.0 Å². The topological polar surface area (TPSA) is 46.9 Å². The maximum Gasteiger partial charge on any atom is 0.409 e. The van der Waals surface area contributed by atoms with Crippen LogP contribution in [0.5, 0.6) is 0 Å². The Morgan fingerprint density at radius 3 is 2.86 bits per heavy atom. The van der Waals surface area contributed by atoms with Crippen LogP contribution in [0, 0.1) is 5.92 Å². The minimum Gasteiger partial charge on any atom is -0.449 e. The quantitative estimate of drug-likeness (QED) is 0.687. The molecule has 6 nitrogen and oxygen atoms in total. The molecule has 0 bridgehead atoms. The van der Waals surface area contributed by atoms with Crippen molar-refractivity contribution in [1.82, 2.24) is 14.4 Å². The SMILES string of the molecule is CN1C[C@H](COC(=O)N2CCOCC2)C[C@@H]2c3cccc4c3c(c(Br)n4C)C[C@H]21. The summed E-state index contributed by atoms with van der Waals surface area (Å²) in [6.45, 7) is 3.91. The predicted molar refractivity (Wildman–Crippen MR) is 115 cm³/mol. The summed E-state index contributed by atoms with van der Waals surface area (Å²) in [6.07, 6.45) is 1.94. The fourth-order valence-corrected chi connectivity index (χ4v) is 6.05. The van der Waals surface area contributed by atoms with Crippen molar-refractivity contribution in [2.75, 3.05) is 46.5 Å². The Morgan fingerprint density at radius 2 is 2.07 bits per heavy atom. The van der Waals surface area contributed by atoms with E-state index in [1.54, 1.807) is 4.90 Å². The highest BCUT2D eigenvalue weighted by atomic mass is 79.9. The van der Waals surface area contributed by atoms with Gasteiger partial charge in [-0.25, -0.2) is 4.79 Å². The number of aryl methyl sites for hydroxylation is 1. The van der Waals surface area contributed by atoms with Crippen LogP contribution in [0.15, 0.2) is 22.8 Å². The monoisotopic (exact) mass is 461 g/mol. The Labute approximate surface area is 179 Å². The van der Waals surface area contributed by atoms with Gasteiger partial charge in [-0.2, -0.15) is 0 Å². The molecule has 2 aromatic rings. The lowest BCUT2D eigenvalue weighted by atomic mass is 9.72. The van der Waals surface area contributed by atoms with E-state index in [9.17, 15) is 4.79 Å². The second-order valence-electron chi connectivity index (χ2n) is 8.67. The van der Waals surface area contributed by atoms with Crippen molar-refractivity contribution in [2.45, 2.75) is 24.8 Å². The van der Waals surface area contributed by atoms with Crippen molar-refractivity contribution in [2.24, 2.45) is 13.0 Å². The van der Waals surface area contributed by atoms with Crippen molar-refractivity contribution < 1.29 is 14.3 Å². The number of piperidine rings is 1. The van der Waals surface area contributed by atoms with E-state index < -0.39 is 0 Å². The minimum absolute atomic E-state index is 0.196. The van der Waals surface area contributed by atoms with Gasteiger partial charge in [-0.1, -0.05) is 12.1 Å². The van der Waals surface area contributed by atoms with E-state index >= 15 is 0 Å². The summed E-state index contributed by atoms with van der Waals surface area (Å²) in [5.74, 6) is 0.835. The third kappa shape index (κ3) is 3.27. The molecule has 1 aromatic heterocycles. The number of hydrogen-bond acceptors (Lipinski definition) is 4. The van der Waals surface area contributed by atoms with Crippen LogP contribution >= 0.6 is 15.9 Å². The number of ether oxygens (including phenoxy) is 2. The number of likely N-dealkylation sites (N-methyl/N-ethyl adjacent to an activating group) is 1. The second-order valence-corrected chi connectivity index (χ2v) is 9.42. The average molecular weight is 462 g/mol. The summed E-state index contributed by atoms with van der Waals surface area (Å²) in [7, 11) is 4.35. The summed E-state index contributed by atoms with van der Waals surface area (Å²) >= 11 is 3.82. The van der Waals surface area contributed by atoms with Crippen LogP contribution in [-0.4, -0.2) is 73.0 Å². The summed E-state index contributed by atoms with van der Waals surface area (Å²) in [5.41, 5.74) is 4.18. The number of rotatable bonds is 2. The van der Waals surface area contributed by atoms with Crippen LogP contribution in [0.3, 0.4) is 0 Å². The molecule has 0 N–H and O–H groups in total. The van der Waals surface area contributed by atoms with Crippen molar-refractivity contribution in [3.05, 3.63) is 33.9 Å². The fraction of sp³-hybridized carbons (Fsp3) is 0.591. The fourth-order valence-electron chi connectivity index (χ4n) is 5.50. The molecule has 1 amide bonds. The number of nitrogens with zero attached hydrogens (tertiary/aromatic N) is 3. The lowest BCUT2D eigenvalue weighted by Gasteiger charge is -2.45. The van der Waals surface area contributed by atoms with Gasteiger partial charge in [0.25, 0.3) is 0 Å². The van der Waals surface area contributed by atoms with Crippen molar-refractivity contribution in [3.8, 4) is 0 Å². The van der Waals surface area contributed by atoms with Gasteiger partial charge in [0.15, 0.2) is 0 Å². The van der Waals surface area contributed by atoms with E-state index in [4.69, 9.17) is 9.47 Å². The summed E-state index contributed by atoms with van der Waals surface area (Å²) in [5, 5.41) is 1.42. The highest BCUT2D eigenvalue weighted by Gasteiger charge is 2.40. The third-order valence-corrected chi connectivity index (χ3v) is 7.98. The molecular formula is C22H28BrN3O3. The summed E-state index contributed by atoms with van der Waals surface area (Å²) in [4.78, 5) is 16.6. The first-order valence-electron chi connectivity index (χ1n) is 10.5. The average Bonchev–Trinajstić information content (AvgIpc) is 2.99. The van der Waals surface area contributed by atoms with Gasteiger partial charge < -0.3 is 23.8 Å². The van der Waals surface area contributed by atoms with Gasteiger partial charge in [-0.15, -0.1) is 0 Å². The molecular weight excluding hydrogens is 434 g/mol. The molecule has 1 aliphatic carbocycles. The number of aromatic nitrogens is 1. The molecule has 1 aromatic carbocycles. The first-order valence-corrected chi connectivity index (χ1v) is 11.3. The Morgan fingerprint density at radius 1 is 1.28 bits per heavy atom. The zero-order valence-electron chi connectivity index (χ0n) is 17.1. The highest BCUT2D eigenvalue weighted by Crippen LogP contribution is 2.47. The molecule has 3 atom stereocenters. The van der Waals surface area contributed by atoms with Gasteiger partial charge >= 0.3 is 6.09 Å². The molecule has 156 valence electrons. The van der Waals surface area contributed by atoms with Crippen molar-refractivity contribution in [3.63, 3.8) is 0 Å². The van der Waals surface area contributed by atoms with Crippen LogP contribution in [-0.2, 0) is 22.9 Å². The zero-order chi connectivity index (χ0) is 20.1. The van der Waals surface area contributed by atoms with Gasteiger partial charge in [0.05, 0.1) is 24.4 Å². The summed E-state index contributed by atoms with van der Waals surface area (Å²) < 4.78 is 14.5. The van der Waals surface area contributed by atoms with Crippen LogP contribution < -0.4 is 0 Å². The van der Waals surface area contributed by atoms with E-state index in [0.29, 0.717) is 50.8 Å². The van der Waals surface area contributed by atoms with Crippen molar-refractivity contribution >= 4 is 32.9 Å². The van der Waals surface area contributed by atoms with Crippen LogP contribution in [0.1, 0.15) is 23.5 Å². The molecule has 2 aliphatic heterocycles. The van der Waals surface area contributed by atoms with Gasteiger partial charge in [-0.3, -0.25) is 0 Å². The van der Waals surface area contributed by atoms with Crippen LogP contribution in [0.2, 0.25) is 0 Å². The van der Waals surface area contributed by atoms with Gasteiger partial charge in [0, 0.05) is 55.5 Å². The maximum atomic E-state index is 12.4. The number of carbonyl (C=O) groups excluding carboxylic acids is 1. The third-order valence-electron chi connectivity index (χ3n) is 6.97. The minimum atomic E-state index is -0.196. The number of carbonyl (C=O) groups is 1. The number of fused-ring (bicyclic) bond motifs is 2. The lowest BCUT2D eigenvalue weighted by Crippen LogP contribution is -2.49. The standard InChI is InChI=1S/C22H28BrN3O3/c1-24-12-14(13-29-22(27)26-6-8-28-9-7-26)10-16-15-4-3-5-18-20(15)17(11-19(16)24)21(23)25(18)2/h3-5,14,16,19H,6-13H2,1-2H3/t14-,16-,19-/m1/s1. The molecule has 3 aliphatic rings. The maximum absolute atomic E-state index is 12.4. The largest absolute Gasteiger partial charge is 0.449 e. The molecule has 5 rings (SSSR count). The number of amides is 1. The van der Waals surface area contributed by atoms with E-state index in [-0.39, 0.29) is 6.09 Å². The molecule has 0 spiro atoms. The highest BCUT2D eigenvalue weighted by molar-refractivity contribution is 9.10. The number of morpholine rings is 1. The van der Waals surface area contributed by atoms with E-state index in [1.165, 1.54) is 26.6 Å². The molecule has 0 radical (unpaired) electrons. The Balaban J connectivity index is 1.35. The molecule has 2 saturated heterocycles. The smallest absolute Gasteiger partial charge is 0.409 e. The Bertz CT molecular complexity index is 937. The number of halogens is 1. The van der Waals surface area contributed by atoms with Gasteiger partial charge in [0.2, 0.25) is 0 Å². The summed E-state index contributed by atoms with van der Waals surface area (Å²) in [6, 6.07) is 7.18. The Kier molecular flexibility index (Phi) is 5.08. The number of hydrogen-bond donors (Lipinski definition) is 0. The van der Waals surface area contributed by atoms with Crippen LogP contribution in [0.4, 0.5) is 4.79 Å². The van der Waals surface area contributed by atoms with Crippen molar-refractivity contribution in [1.29, 1.82) is 0 Å². The number of benzene rings is 1. The van der Waals surface area contributed by atoms with E-state index in [0.717, 1.165) is 19.4 Å². The molecule has 2 fully saturated rings. The normalized spacial score (nSPS) is 27.1. The zero-order valence-corrected chi connectivity index (χ0v) is 18.7. The molecule has 0 unspecified atom stereocenters. The number of likely N-dealkylation sites (tertiary alicyclic amines) is 1. The molecule has 7 heteroatoms. The predicted octanol–water partition coefficient (Wildman–Crippen LogP) is 3.37. The van der Waals surface area contributed by atoms with E-state index in [2.05, 4.69) is 57.7 Å². The van der Waals surface area contributed by atoms with Crippen LogP contribution in [0.25, 0.3) is 10.9 Å². The van der Waals surface area contributed by atoms with E-state index in [1.807, 2.05) is 0 Å². The van der Waals surface area contributed by atoms with Gasteiger partial charge in [0.1, 0.15) is 0 Å². The Hall–Kier alpha value is -1.57. The first-order chi connectivity index (χ1) is 14.0. The lowest BCUT2D eigenvalue weighted by molar-refractivity contribution is 0.0132.